The molecule has 66 heavy (non-hydrogen) atoms. The maximum absolute atomic E-state index is 12.8. The monoisotopic (exact) mass is 931 g/mol. The Morgan fingerprint density at radius 1 is 0.545 bits per heavy atom. The lowest BCUT2D eigenvalue weighted by atomic mass is 10.1. The molecule has 0 aromatic heterocycles. The number of aliphatic hydroxyl groups is 1. The molecule has 0 aliphatic rings. The van der Waals surface area contributed by atoms with E-state index in [4.69, 9.17) is 9.05 Å². The van der Waals surface area contributed by atoms with Crippen molar-refractivity contribution in [2.75, 3.05) is 40.9 Å². The number of nitrogens with zero attached hydrogens (tertiary/aromatic N) is 1. The Balaban J connectivity index is 4.18. The van der Waals surface area contributed by atoms with Crippen molar-refractivity contribution in [1.82, 2.24) is 5.32 Å². The van der Waals surface area contributed by atoms with Gasteiger partial charge in [0.1, 0.15) is 13.2 Å². The van der Waals surface area contributed by atoms with Crippen molar-refractivity contribution in [2.45, 2.75) is 154 Å². The highest BCUT2D eigenvalue weighted by molar-refractivity contribution is 7.45. The van der Waals surface area contributed by atoms with Gasteiger partial charge in [0.15, 0.2) is 0 Å². The minimum absolute atomic E-state index is 0.0232. The summed E-state index contributed by atoms with van der Waals surface area (Å²) < 4.78 is 23.0. The molecule has 0 saturated heterocycles. The molecule has 0 aliphatic heterocycles. The Morgan fingerprint density at radius 3 is 1.36 bits per heavy atom. The SMILES string of the molecule is CC/C=C\C/C=C\C/C=C\C/C=C\C/C=C\C/C=C\C/C=C\C/C=C\C/C=C\C/C=C\C/C=C\CCCCCC(=O)NC(COP(=O)([O-])OCC[N+](C)(C)C)C(O)/C=C/CC/C=C/CCC. The minimum atomic E-state index is -4.61. The number of rotatable bonds is 42. The van der Waals surface area contributed by atoms with Gasteiger partial charge < -0.3 is 28.8 Å². The number of amides is 1. The first kappa shape index (κ1) is 62.1. The highest BCUT2D eigenvalue weighted by Gasteiger charge is 2.23. The Bertz CT molecular complexity index is 1620. The van der Waals surface area contributed by atoms with E-state index >= 15 is 0 Å². The van der Waals surface area contributed by atoms with Crippen LogP contribution in [0.1, 0.15) is 142 Å². The molecule has 3 unspecified atom stereocenters. The fourth-order valence-corrected chi connectivity index (χ4v) is 6.55. The summed E-state index contributed by atoms with van der Waals surface area (Å²) >= 11 is 0. The third-order valence-electron chi connectivity index (χ3n) is 9.70. The quantitative estimate of drug-likeness (QED) is 0.0273. The van der Waals surface area contributed by atoms with Crippen molar-refractivity contribution in [3.05, 3.63) is 158 Å². The first-order valence-corrected chi connectivity index (χ1v) is 26.3. The predicted molar refractivity (Wildman–Crippen MR) is 283 cm³/mol. The van der Waals surface area contributed by atoms with Gasteiger partial charge >= 0.3 is 0 Å². The molecule has 0 heterocycles. The molecule has 3 atom stereocenters. The number of carbonyl (C=O) groups excluding carboxylic acids is 1. The van der Waals surface area contributed by atoms with E-state index in [0.717, 1.165) is 116 Å². The Labute approximate surface area is 403 Å². The van der Waals surface area contributed by atoms with E-state index in [9.17, 15) is 19.4 Å². The number of allylic oxidation sites excluding steroid dienone is 25. The zero-order chi connectivity index (χ0) is 48.5. The molecule has 0 aliphatic carbocycles. The van der Waals surface area contributed by atoms with Gasteiger partial charge in [0.25, 0.3) is 7.82 Å². The first-order valence-electron chi connectivity index (χ1n) is 24.8. The van der Waals surface area contributed by atoms with Crippen LogP contribution in [0, 0.1) is 0 Å². The van der Waals surface area contributed by atoms with Crippen molar-refractivity contribution in [1.29, 1.82) is 0 Å². The second kappa shape index (κ2) is 46.2. The average Bonchev–Trinajstić information content (AvgIpc) is 3.28. The van der Waals surface area contributed by atoms with Gasteiger partial charge in [-0.3, -0.25) is 9.36 Å². The third-order valence-corrected chi connectivity index (χ3v) is 10.7. The number of nitrogens with one attached hydrogen (secondary N) is 1. The average molecular weight is 931 g/mol. The molecule has 0 aromatic carbocycles. The normalized spacial score (nSPS) is 15.4. The van der Waals surface area contributed by atoms with Crippen molar-refractivity contribution >= 4 is 13.7 Å². The van der Waals surface area contributed by atoms with Gasteiger partial charge in [0.2, 0.25) is 5.91 Å². The van der Waals surface area contributed by atoms with Crippen molar-refractivity contribution in [3.8, 4) is 0 Å². The summed E-state index contributed by atoms with van der Waals surface area (Å²) in [6.07, 6.45) is 73.5. The number of phosphoric ester groups is 1. The number of hydrogen-bond donors (Lipinski definition) is 2. The number of quaternary nitrogens is 1. The van der Waals surface area contributed by atoms with Crippen molar-refractivity contribution < 1.29 is 32.9 Å². The first-order chi connectivity index (χ1) is 32.0. The summed E-state index contributed by atoms with van der Waals surface area (Å²) in [5, 5.41) is 13.6. The standard InChI is InChI=1S/C57H91N2O6P/c1-6-8-10-12-14-15-16-17-18-19-20-21-22-23-24-25-26-27-28-29-30-31-32-33-34-35-36-37-38-39-40-41-42-43-45-47-49-51-57(61)58-55(56(60)50-48-46-44-13-11-9-7-2)54-65-66(62,63)64-53-52-59(3,4)5/h8,10-11,13-15,17-18,20-21,23-24,26-27,29-30,32-33,35-36,38-39,41-42,48,50,55-56,60H,6-7,9,12,16,19,22,25,28,31,34,37,40,43-47,49,51-54H2,1-5H3,(H-,58,61,62,63)/b10-8-,13-11+,15-14-,18-17-,21-20-,24-23-,27-26-,30-29-,33-32-,36-35-,39-38-,42-41-,50-48+. The summed E-state index contributed by atoms with van der Waals surface area (Å²) in [4.78, 5) is 25.2. The van der Waals surface area contributed by atoms with Gasteiger partial charge in [-0.2, -0.15) is 0 Å². The van der Waals surface area contributed by atoms with Gasteiger partial charge in [-0.15, -0.1) is 0 Å². The molecule has 1 amide bonds. The molecule has 8 nitrogen and oxygen atoms in total. The lowest BCUT2D eigenvalue weighted by molar-refractivity contribution is -0.870. The molecule has 0 fully saturated rings. The van der Waals surface area contributed by atoms with Crippen molar-refractivity contribution in [3.63, 3.8) is 0 Å². The van der Waals surface area contributed by atoms with Crippen LogP contribution in [0.25, 0.3) is 0 Å². The molecule has 0 rings (SSSR count). The van der Waals surface area contributed by atoms with Crippen LogP contribution in [0.15, 0.2) is 158 Å². The maximum Gasteiger partial charge on any atom is 0.268 e. The number of likely N-dealkylation sites (N-methyl/N-ethyl adjacent to an activating group) is 1. The largest absolute Gasteiger partial charge is 0.756 e. The lowest BCUT2D eigenvalue weighted by Gasteiger charge is -2.29. The molecule has 0 aromatic rings. The van der Waals surface area contributed by atoms with E-state index in [-0.39, 0.29) is 18.9 Å². The molecule has 9 heteroatoms. The van der Waals surface area contributed by atoms with E-state index in [1.807, 2.05) is 27.2 Å². The minimum Gasteiger partial charge on any atom is -0.756 e. The molecular weight excluding hydrogens is 840 g/mol. The van der Waals surface area contributed by atoms with Gasteiger partial charge in [-0.05, 0) is 109 Å². The molecule has 0 bridgehead atoms. The van der Waals surface area contributed by atoms with Crippen LogP contribution in [0.3, 0.4) is 0 Å². The molecule has 0 saturated carbocycles. The van der Waals surface area contributed by atoms with Gasteiger partial charge in [0.05, 0.1) is 39.9 Å². The number of aliphatic hydroxyl groups excluding tert-OH is 1. The van der Waals surface area contributed by atoms with Crippen LogP contribution in [0.4, 0.5) is 0 Å². The Morgan fingerprint density at radius 2 is 0.939 bits per heavy atom. The van der Waals surface area contributed by atoms with Crippen LogP contribution in [-0.4, -0.2) is 68.5 Å². The highest BCUT2D eigenvalue weighted by atomic mass is 31.2. The number of carbonyl (C=O) groups is 1. The predicted octanol–water partition coefficient (Wildman–Crippen LogP) is 14.1. The van der Waals surface area contributed by atoms with Crippen LogP contribution in [0.2, 0.25) is 0 Å². The molecule has 370 valence electrons. The van der Waals surface area contributed by atoms with Gasteiger partial charge in [-0.25, -0.2) is 0 Å². The van der Waals surface area contributed by atoms with E-state index in [1.165, 1.54) is 0 Å². The van der Waals surface area contributed by atoms with Crippen LogP contribution < -0.4 is 10.2 Å². The summed E-state index contributed by atoms with van der Waals surface area (Å²) in [5.41, 5.74) is 0. The third kappa shape index (κ3) is 48.1. The van der Waals surface area contributed by atoms with Gasteiger partial charge in [-0.1, -0.05) is 185 Å². The van der Waals surface area contributed by atoms with Crippen LogP contribution >= 0.6 is 7.82 Å². The number of unbranched alkanes of at least 4 members (excludes halogenated alkanes) is 5. The topological polar surface area (TPSA) is 108 Å². The number of hydrogen-bond acceptors (Lipinski definition) is 6. The fraction of sp³-hybridized carbons (Fsp3) is 0.526. The van der Waals surface area contributed by atoms with Gasteiger partial charge in [0, 0.05) is 6.42 Å². The highest BCUT2D eigenvalue weighted by Crippen LogP contribution is 2.38. The summed E-state index contributed by atoms with van der Waals surface area (Å²) in [6, 6.07) is -0.930. The second-order valence-electron chi connectivity index (χ2n) is 17.1. The Kier molecular flexibility index (Phi) is 43.5. The molecule has 2 N–H and O–H groups in total. The zero-order valence-electron chi connectivity index (χ0n) is 41.8. The second-order valence-corrected chi connectivity index (χ2v) is 18.5. The summed E-state index contributed by atoms with van der Waals surface area (Å²) in [5.74, 6) is -0.253. The van der Waals surface area contributed by atoms with Crippen LogP contribution in [-0.2, 0) is 18.4 Å². The molecule has 0 spiro atoms. The van der Waals surface area contributed by atoms with Crippen LogP contribution in [0.5, 0.6) is 0 Å². The van der Waals surface area contributed by atoms with E-state index in [1.54, 1.807) is 6.08 Å². The summed E-state index contributed by atoms with van der Waals surface area (Å²) in [7, 11) is 1.18. The van der Waals surface area contributed by atoms with E-state index < -0.39 is 26.6 Å². The molecular formula is C57H91N2O6P. The maximum atomic E-state index is 12.8. The lowest BCUT2D eigenvalue weighted by Crippen LogP contribution is -2.45. The zero-order valence-corrected chi connectivity index (χ0v) is 42.7. The smallest absolute Gasteiger partial charge is 0.268 e. The van der Waals surface area contributed by atoms with Crippen molar-refractivity contribution in [2.24, 2.45) is 0 Å². The number of phosphoric acid groups is 1. The molecule has 0 radical (unpaired) electrons. The fourth-order valence-electron chi connectivity index (χ4n) is 5.82. The van der Waals surface area contributed by atoms with E-state index in [0.29, 0.717) is 17.4 Å². The van der Waals surface area contributed by atoms with E-state index in [2.05, 4.69) is 165 Å². The summed E-state index contributed by atoms with van der Waals surface area (Å²) in [6.45, 7) is 4.32. The Hall–Kier alpha value is -3.88.